The number of carbonyl (C=O) groups is 1. The van der Waals surface area contributed by atoms with Gasteiger partial charge in [0.2, 0.25) is 0 Å². The number of nitriles is 1. The number of hydrogen-bond donors (Lipinski definition) is 1. The molecule has 3 rings (SSSR count). The summed E-state index contributed by atoms with van der Waals surface area (Å²) in [6.07, 6.45) is 1.29. The second-order valence-electron chi connectivity index (χ2n) is 6.25. The van der Waals surface area contributed by atoms with Crippen LogP contribution in [0.4, 0.5) is 0 Å². The molecule has 1 aromatic carbocycles. The quantitative estimate of drug-likeness (QED) is 0.715. The number of thioether (sulfide) groups is 1. The standard InChI is InChI=1S/C19H21N3O3S/c1-3-24-19(23)17-8-15(21-22-17)11-26-10-14-7-18(14)25-16-5-4-13(9-20)12(2)6-16/h4-6,8,14,18H,3,7,10-11H2,1-2H3,(H,21,22). The van der Waals surface area contributed by atoms with E-state index >= 15 is 0 Å². The number of benzene rings is 1. The van der Waals surface area contributed by atoms with Crippen LogP contribution in [0.15, 0.2) is 24.3 Å². The van der Waals surface area contributed by atoms with Crippen molar-refractivity contribution in [2.45, 2.75) is 32.1 Å². The molecule has 1 fully saturated rings. The fourth-order valence-electron chi connectivity index (χ4n) is 2.61. The van der Waals surface area contributed by atoms with Gasteiger partial charge in [-0.25, -0.2) is 4.79 Å². The number of ether oxygens (including phenoxy) is 2. The Balaban J connectivity index is 1.40. The Morgan fingerprint density at radius 3 is 3.04 bits per heavy atom. The first-order chi connectivity index (χ1) is 12.6. The first kappa shape index (κ1) is 18.3. The number of nitrogens with zero attached hydrogens (tertiary/aromatic N) is 2. The number of aryl methyl sites for hydroxylation is 1. The first-order valence-electron chi connectivity index (χ1n) is 8.57. The van der Waals surface area contributed by atoms with Crippen molar-refractivity contribution in [3.63, 3.8) is 0 Å². The van der Waals surface area contributed by atoms with Gasteiger partial charge in [0.1, 0.15) is 11.9 Å². The summed E-state index contributed by atoms with van der Waals surface area (Å²) in [5.41, 5.74) is 2.86. The summed E-state index contributed by atoms with van der Waals surface area (Å²) in [7, 11) is 0. The van der Waals surface area contributed by atoms with Crippen LogP contribution in [0.5, 0.6) is 5.75 Å². The number of rotatable bonds is 8. The summed E-state index contributed by atoms with van der Waals surface area (Å²) >= 11 is 1.79. The third-order valence-corrected chi connectivity index (χ3v) is 5.35. The summed E-state index contributed by atoms with van der Waals surface area (Å²) in [5, 5.41) is 15.8. The van der Waals surface area contributed by atoms with E-state index in [0.717, 1.165) is 34.9 Å². The average molecular weight is 371 g/mol. The average Bonchev–Trinajstić information content (AvgIpc) is 3.17. The third-order valence-electron chi connectivity index (χ3n) is 4.17. The summed E-state index contributed by atoms with van der Waals surface area (Å²) in [4.78, 5) is 11.6. The van der Waals surface area contributed by atoms with Crippen molar-refractivity contribution < 1.29 is 14.3 Å². The van der Waals surface area contributed by atoms with Crippen LogP contribution in [0.2, 0.25) is 0 Å². The number of carbonyl (C=O) groups excluding carboxylic acids is 1. The minimum Gasteiger partial charge on any atom is -0.490 e. The van der Waals surface area contributed by atoms with Crippen molar-refractivity contribution in [3.8, 4) is 11.8 Å². The number of H-pyrrole nitrogens is 1. The predicted octanol–water partition coefficient (Wildman–Crippen LogP) is 3.47. The molecule has 0 radical (unpaired) electrons. The van der Waals surface area contributed by atoms with Gasteiger partial charge in [-0.05, 0) is 50.1 Å². The van der Waals surface area contributed by atoms with E-state index in [0.29, 0.717) is 23.8 Å². The zero-order chi connectivity index (χ0) is 18.5. The molecule has 2 unspecified atom stereocenters. The first-order valence-corrected chi connectivity index (χ1v) is 9.72. The molecule has 2 atom stereocenters. The van der Waals surface area contributed by atoms with E-state index in [2.05, 4.69) is 16.3 Å². The molecule has 136 valence electrons. The maximum absolute atomic E-state index is 11.6. The highest BCUT2D eigenvalue weighted by molar-refractivity contribution is 7.98. The Kier molecular flexibility index (Phi) is 5.84. The van der Waals surface area contributed by atoms with E-state index in [1.807, 2.05) is 19.1 Å². The molecular weight excluding hydrogens is 350 g/mol. The predicted molar refractivity (Wildman–Crippen MR) is 99.1 cm³/mol. The molecular formula is C19H21N3O3S. The van der Waals surface area contributed by atoms with E-state index in [9.17, 15) is 4.79 Å². The van der Waals surface area contributed by atoms with Crippen LogP contribution in [-0.2, 0) is 10.5 Å². The lowest BCUT2D eigenvalue weighted by Gasteiger charge is -2.07. The molecule has 0 saturated heterocycles. The Morgan fingerprint density at radius 1 is 1.46 bits per heavy atom. The molecule has 0 spiro atoms. The Hall–Kier alpha value is -2.46. The molecule has 1 saturated carbocycles. The van der Waals surface area contributed by atoms with Gasteiger partial charge in [-0.3, -0.25) is 5.10 Å². The maximum atomic E-state index is 11.6. The van der Waals surface area contributed by atoms with Crippen LogP contribution in [0.25, 0.3) is 0 Å². The molecule has 0 bridgehead atoms. The number of aromatic amines is 1. The van der Waals surface area contributed by atoms with Crippen LogP contribution in [0.3, 0.4) is 0 Å². The van der Waals surface area contributed by atoms with Gasteiger partial charge in [-0.15, -0.1) is 0 Å². The Bertz CT molecular complexity index is 828. The molecule has 0 aliphatic heterocycles. The Labute approximate surface area is 156 Å². The highest BCUT2D eigenvalue weighted by Gasteiger charge is 2.39. The van der Waals surface area contributed by atoms with Crippen molar-refractivity contribution in [3.05, 3.63) is 46.8 Å². The molecule has 1 aromatic heterocycles. The van der Waals surface area contributed by atoms with E-state index in [4.69, 9.17) is 14.7 Å². The highest BCUT2D eigenvalue weighted by atomic mass is 32.2. The fourth-order valence-corrected chi connectivity index (χ4v) is 3.75. The number of hydrogen-bond acceptors (Lipinski definition) is 6. The number of aromatic nitrogens is 2. The Morgan fingerprint density at radius 2 is 2.31 bits per heavy atom. The van der Waals surface area contributed by atoms with Crippen LogP contribution < -0.4 is 4.74 Å². The molecule has 6 nitrogen and oxygen atoms in total. The topological polar surface area (TPSA) is 88.0 Å². The lowest BCUT2D eigenvalue weighted by Crippen LogP contribution is -2.04. The third kappa shape index (κ3) is 4.58. The molecule has 26 heavy (non-hydrogen) atoms. The maximum Gasteiger partial charge on any atom is 0.358 e. The second kappa shape index (κ2) is 8.28. The van der Waals surface area contributed by atoms with Gasteiger partial charge in [0.25, 0.3) is 0 Å². The molecule has 0 amide bonds. The van der Waals surface area contributed by atoms with Crippen molar-refractivity contribution in [1.29, 1.82) is 5.26 Å². The molecule has 1 heterocycles. The van der Waals surface area contributed by atoms with E-state index in [1.54, 1.807) is 30.8 Å². The SMILES string of the molecule is CCOC(=O)c1cc(CSCC2CC2Oc2ccc(C#N)c(C)c2)[nH]n1. The van der Waals surface area contributed by atoms with E-state index < -0.39 is 5.97 Å². The van der Waals surface area contributed by atoms with Crippen molar-refractivity contribution >= 4 is 17.7 Å². The molecule has 1 aliphatic carbocycles. The smallest absolute Gasteiger partial charge is 0.358 e. The summed E-state index contributed by atoms with van der Waals surface area (Å²) in [5.74, 6) is 2.72. The largest absolute Gasteiger partial charge is 0.490 e. The monoisotopic (exact) mass is 371 g/mol. The minimum atomic E-state index is -0.395. The molecule has 1 N–H and O–H groups in total. The van der Waals surface area contributed by atoms with Crippen molar-refractivity contribution in [2.24, 2.45) is 5.92 Å². The highest BCUT2D eigenvalue weighted by Crippen LogP contribution is 2.38. The van der Waals surface area contributed by atoms with E-state index in [-0.39, 0.29) is 6.10 Å². The van der Waals surface area contributed by atoms with Crippen molar-refractivity contribution in [2.75, 3.05) is 12.4 Å². The van der Waals surface area contributed by atoms with Gasteiger partial charge >= 0.3 is 5.97 Å². The number of esters is 1. The van der Waals surface area contributed by atoms with Crippen molar-refractivity contribution in [1.82, 2.24) is 10.2 Å². The molecule has 7 heteroatoms. The van der Waals surface area contributed by atoms with Crippen LogP contribution in [-0.4, -0.2) is 34.6 Å². The van der Waals surface area contributed by atoms with Crippen LogP contribution >= 0.6 is 11.8 Å². The van der Waals surface area contributed by atoms with Gasteiger partial charge in [-0.2, -0.15) is 22.1 Å². The fraction of sp³-hybridized carbons (Fsp3) is 0.421. The summed E-state index contributed by atoms with van der Waals surface area (Å²) in [6.45, 7) is 4.03. The lowest BCUT2D eigenvalue weighted by atomic mass is 10.1. The van der Waals surface area contributed by atoms with Crippen LogP contribution in [0, 0.1) is 24.2 Å². The minimum absolute atomic E-state index is 0.242. The van der Waals surface area contributed by atoms with Gasteiger partial charge in [-0.1, -0.05) is 0 Å². The van der Waals surface area contributed by atoms with Gasteiger partial charge in [0.05, 0.1) is 18.2 Å². The van der Waals surface area contributed by atoms with Gasteiger partial charge < -0.3 is 9.47 Å². The van der Waals surface area contributed by atoms with E-state index in [1.165, 1.54) is 0 Å². The lowest BCUT2D eigenvalue weighted by molar-refractivity contribution is 0.0519. The zero-order valence-electron chi connectivity index (χ0n) is 14.8. The molecule has 1 aliphatic rings. The number of nitrogens with one attached hydrogen (secondary N) is 1. The van der Waals surface area contributed by atoms with Gasteiger partial charge in [0.15, 0.2) is 5.69 Å². The zero-order valence-corrected chi connectivity index (χ0v) is 15.6. The molecule has 2 aromatic rings. The normalized spacial score (nSPS) is 18.2. The summed E-state index contributed by atoms with van der Waals surface area (Å²) < 4.78 is 10.9. The van der Waals surface area contributed by atoms with Crippen LogP contribution in [0.1, 0.15) is 40.7 Å². The summed E-state index contributed by atoms with van der Waals surface area (Å²) in [6, 6.07) is 9.48. The van der Waals surface area contributed by atoms with Gasteiger partial charge in [0, 0.05) is 23.1 Å². The second-order valence-corrected chi connectivity index (χ2v) is 7.28.